The predicted octanol–water partition coefficient (Wildman–Crippen LogP) is 2.74. The second-order valence-corrected chi connectivity index (χ2v) is 5.01. The number of nitrogens with zero attached hydrogens (tertiary/aromatic N) is 5. The molecular formula is C12H10Cl2FN5. The molecule has 0 unspecified atom stereocenters. The Kier molecular flexibility index (Phi) is 3.35. The maximum Gasteiger partial charge on any atom is 0.170 e. The van der Waals surface area contributed by atoms with Crippen molar-refractivity contribution in [3.05, 3.63) is 40.9 Å². The SMILES string of the molecule is Cn1cnc(Cn2c(CCl)nc3cc(Cl)c(F)cc32)n1. The topological polar surface area (TPSA) is 48.5 Å². The van der Waals surface area contributed by atoms with Gasteiger partial charge in [0.2, 0.25) is 0 Å². The summed E-state index contributed by atoms with van der Waals surface area (Å²) >= 11 is 11.7. The Morgan fingerprint density at radius 2 is 2.15 bits per heavy atom. The van der Waals surface area contributed by atoms with Crippen LogP contribution in [0.15, 0.2) is 18.5 Å². The third-order valence-electron chi connectivity index (χ3n) is 2.94. The highest BCUT2D eigenvalue weighted by molar-refractivity contribution is 6.31. The number of hydrogen-bond donors (Lipinski definition) is 0. The molecule has 0 aliphatic carbocycles. The molecule has 0 aliphatic heterocycles. The van der Waals surface area contributed by atoms with Gasteiger partial charge in [0.25, 0.3) is 0 Å². The fraction of sp³-hybridized carbons (Fsp3) is 0.250. The first kappa shape index (κ1) is 13.3. The quantitative estimate of drug-likeness (QED) is 0.699. The van der Waals surface area contributed by atoms with Crippen molar-refractivity contribution in [1.29, 1.82) is 0 Å². The summed E-state index contributed by atoms with van der Waals surface area (Å²) in [7, 11) is 1.78. The Labute approximate surface area is 124 Å². The van der Waals surface area contributed by atoms with Gasteiger partial charge in [0, 0.05) is 13.1 Å². The molecule has 104 valence electrons. The van der Waals surface area contributed by atoms with Crippen molar-refractivity contribution in [2.75, 3.05) is 0 Å². The van der Waals surface area contributed by atoms with Gasteiger partial charge >= 0.3 is 0 Å². The molecule has 0 spiro atoms. The first-order valence-corrected chi connectivity index (χ1v) is 6.74. The van der Waals surface area contributed by atoms with E-state index in [9.17, 15) is 4.39 Å². The zero-order valence-corrected chi connectivity index (χ0v) is 12.0. The van der Waals surface area contributed by atoms with Crippen molar-refractivity contribution in [2.45, 2.75) is 12.4 Å². The largest absolute Gasteiger partial charge is 0.319 e. The van der Waals surface area contributed by atoms with Gasteiger partial charge in [-0.25, -0.2) is 14.4 Å². The maximum atomic E-state index is 13.6. The molecule has 20 heavy (non-hydrogen) atoms. The number of alkyl halides is 1. The van der Waals surface area contributed by atoms with Gasteiger partial charge in [-0.05, 0) is 6.07 Å². The van der Waals surface area contributed by atoms with E-state index in [2.05, 4.69) is 15.1 Å². The van der Waals surface area contributed by atoms with Crippen molar-refractivity contribution in [3.8, 4) is 0 Å². The average Bonchev–Trinajstić information content (AvgIpc) is 2.96. The van der Waals surface area contributed by atoms with Gasteiger partial charge in [0.05, 0.1) is 28.5 Å². The second-order valence-electron chi connectivity index (χ2n) is 4.34. The summed E-state index contributed by atoms with van der Waals surface area (Å²) < 4.78 is 17.0. The summed E-state index contributed by atoms with van der Waals surface area (Å²) in [6.07, 6.45) is 1.60. The van der Waals surface area contributed by atoms with Crippen LogP contribution in [0.2, 0.25) is 5.02 Å². The van der Waals surface area contributed by atoms with Crippen LogP contribution in [0.5, 0.6) is 0 Å². The molecule has 2 heterocycles. The van der Waals surface area contributed by atoms with E-state index in [0.717, 1.165) is 0 Å². The number of aromatic nitrogens is 5. The Bertz CT molecular complexity index is 780. The van der Waals surface area contributed by atoms with Gasteiger partial charge in [-0.15, -0.1) is 11.6 Å². The Hall–Kier alpha value is -1.66. The van der Waals surface area contributed by atoms with Gasteiger partial charge in [0.15, 0.2) is 5.82 Å². The molecule has 8 heteroatoms. The van der Waals surface area contributed by atoms with Gasteiger partial charge in [-0.3, -0.25) is 4.68 Å². The summed E-state index contributed by atoms with van der Waals surface area (Å²) in [5, 5.41) is 4.24. The first-order chi connectivity index (χ1) is 9.58. The number of fused-ring (bicyclic) bond motifs is 1. The molecule has 2 aromatic heterocycles. The number of halogens is 3. The van der Waals surface area contributed by atoms with Gasteiger partial charge in [0.1, 0.15) is 18.0 Å². The van der Waals surface area contributed by atoms with Gasteiger partial charge < -0.3 is 4.57 Å². The van der Waals surface area contributed by atoms with E-state index in [1.165, 1.54) is 12.1 Å². The number of aryl methyl sites for hydroxylation is 1. The fourth-order valence-corrected chi connectivity index (χ4v) is 2.41. The van der Waals surface area contributed by atoms with E-state index in [-0.39, 0.29) is 10.9 Å². The van der Waals surface area contributed by atoms with Gasteiger partial charge in [-0.1, -0.05) is 11.6 Å². The number of imidazole rings is 1. The molecule has 0 saturated carbocycles. The second kappa shape index (κ2) is 5.03. The van der Waals surface area contributed by atoms with Crippen molar-refractivity contribution in [3.63, 3.8) is 0 Å². The molecular weight excluding hydrogens is 304 g/mol. The van der Waals surface area contributed by atoms with Crippen molar-refractivity contribution in [1.82, 2.24) is 24.3 Å². The van der Waals surface area contributed by atoms with Crippen LogP contribution >= 0.6 is 23.2 Å². The smallest absolute Gasteiger partial charge is 0.170 e. The fourth-order valence-electron chi connectivity index (χ4n) is 2.05. The predicted molar refractivity (Wildman–Crippen MR) is 74.4 cm³/mol. The highest BCUT2D eigenvalue weighted by Gasteiger charge is 2.14. The minimum absolute atomic E-state index is 0.0410. The Balaban J connectivity index is 2.14. The summed E-state index contributed by atoms with van der Waals surface area (Å²) in [5.74, 6) is 0.945. The van der Waals surface area contributed by atoms with Crippen LogP contribution in [0.25, 0.3) is 11.0 Å². The van der Waals surface area contributed by atoms with Crippen molar-refractivity contribution >= 4 is 34.2 Å². The van der Waals surface area contributed by atoms with Crippen LogP contribution in [-0.2, 0) is 19.5 Å². The normalized spacial score (nSPS) is 11.4. The molecule has 0 amide bonds. The monoisotopic (exact) mass is 313 g/mol. The number of rotatable bonds is 3. The van der Waals surface area contributed by atoms with E-state index in [0.29, 0.717) is 29.2 Å². The molecule has 0 aliphatic rings. The first-order valence-electron chi connectivity index (χ1n) is 5.83. The highest BCUT2D eigenvalue weighted by Crippen LogP contribution is 2.24. The lowest BCUT2D eigenvalue weighted by Gasteiger charge is -2.05. The van der Waals surface area contributed by atoms with Crippen LogP contribution in [0, 0.1) is 5.82 Å². The molecule has 0 bridgehead atoms. The third kappa shape index (κ3) is 2.25. The lowest BCUT2D eigenvalue weighted by atomic mass is 10.3. The maximum absolute atomic E-state index is 13.6. The standard InChI is InChI=1S/C12H10Cl2FN5/c1-19-6-16-11(18-19)5-20-10-3-8(15)7(14)2-9(10)17-12(20)4-13/h2-3,6H,4-5H2,1H3. The van der Waals surface area contributed by atoms with E-state index >= 15 is 0 Å². The van der Waals surface area contributed by atoms with Crippen molar-refractivity contribution in [2.24, 2.45) is 7.05 Å². The van der Waals surface area contributed by atoms with Crippen LogP contribution in [0.1, 0.15) is 11.6 Å². The molecule has 5 nitrogen and oxygen atoms in total. The molecule has 0 atom stereocenters. The van der Waals surface area contributed by atoms with Crippen LogP contribution in [0.3, 0.4) is 0 Å². The molecule has 0 fully saturated rings. The summed E-state index contributed by atoms with van der Waals surface area (Å²) in [4.78, 5) is 8.51. The zero-order chi connectivity index (χ0) is 14.3. The number of benzene rings is 1. The third-order valence-corrected chi connectivity index (χ3v) is 3.46. The summed E-state index contributed by atoms with van der Waals surface area (Å²) in [5.41, 5.74) is 1.22. The zero-order valence-electron chi connectivity index (χ0n) is 10.5. The Morgan fingerprint density at radius 3 is 2.80 bits per heavy atom. The summed E-state index contributed by atoms with van der Waals surface area (Å²) in [6.45, 7) is 0.375. The molecule has 0 saturated heterocycles. The lowest BCUT2D eigenvalue weighted by molar-refractivity contribution is 0.628. The molecule has 3 rings (SSSR count). The highest BCUT2D eigenvalue weighted by atomic mass is 35.5. The van der Waals surface area contributed by atoms with E-state index in [1.54, 1.807) is 22.6 Å². The summed E-state index contributed by atoms with van der Waals surface area (Å²) in [6, 6.07) is 2.84. The van der Waals surface area contributed by atoms with Crippen molar-refractivity contribution < 1.29 is 4.39 Å². The lowest BCUT2D eigenvalue weighted by Crippen LogP contribution is -2.06. The van der Waals surface area contributed by atoms with E-state index < -0.39 is 5.82 Å². The number of hydrogen-bond acceptors (Lipinski definition) is 3. The molecule has 3 aromatic rings. The molecule has 0 radical (unpaired) electrons. The average molecular weight is 314 g/mol. The molecule has 0 N–H and O–H groups in total. The van der Waals surface area contributed by atoms with Crippen LogP contribution in [-0.4, -0.2) is 24.3 Å². The minimum Gasteiger partial charge on any atom is -0.319 e. The van der Waals surface area contributed by atoms with Gasteiger partial charge in [-0.2, -0.15) is 5.10 Å². The van der Waals surface area contributed by atoms with E-state index in [1.807, 2.05) is 0 Å². The van der Waals surface area contributed by atoms with Crippen LogP contribution < -0.4 is 0 Å². The molecule has 1 aromatic carbocycles. The van der Waals surface area contributed by atoms with E-state index in [4.69, 9.17) is 23.2 Å². The minimum atomic E-state index is -0.490. The Morgan fingerprint density at radius 1 is 1.35 bits per heavy atom. The van der Waals surface area contributed by atoms with Crippen LogP contribution in [0.4, 0.5) is 4.39 Å².